The quantitative estimate of drug-likeness (QED) is 0.108. The molecule has 0 aliphatic carbocycles. The highest BCUT2D eigenvalue weighted by Crippen LogP contribution is 2.37. The summed E-state index contributed by atoms with van der Waals surface area (Å²) in [4.78, 5) is 21.9. The zero-order valence-corrected chi connectivity index (χ0v) is 30.1. The lowest BCUT2D eigenvalue weighted by Crippen LogP contribution is -2.25. The number of carboxylic acid groups (broad SMARTS) is 1. The van der Waals surface area contributed by atoms with Gasteiger partial charge in [-0.2, -0.15) is 13.2 Å². The monoisotopic (exact) mass is 711 g/mol. The number of aromatic nitrogens is 2. The Hall–Kier alpha value is -5.38. The minimum Gasteiger partial charge on any atom is -0.490 e. The van der Waals surface area contributed by atoms with E-state index in [4.69, 9.17) is 14.6 Å². The van der Waals surface area contributed by atoms with Crippen molar-refractivity contribution in [2.24, 2.45) is 0 Å². The Morgan fingerprint density at radius 3 is 2.23 bits per heavy atom. The second-order valence-corrected chi connectivity index (χ2v) is 13.4. The molecule has 0 aliphatic rings. The summed E-state index contributed by atoms with van der Waals surface area (Å²) in [6, 6.07) is 24.6. The SMILES string of the molecule is Cc1cc(CN(Cc2cc(C)c(OCc3ccccc3)cc2-c2cc(C(C)C)ccc2C)c2ncc(OCCCC(=O)O)cn2)cc(C(F)(F)F)c1. The molecule has 0 saturated carbocycles. The molecule has 1 heterocycles. The molecule has 0 amide bonds. The summed E-state index contributed by atoms with van der Waals surface area (Å²) >= 11 is 0. The lowest BCUT2D eigenvalue weighted by molar-refractivity contribution is -0.138. The lowest BCUT2D eigenvalue weighted by atomic mass is 9.90. The van der Waals surface area contributed by atoms with Crippen molar-refractivity contribution in [1.29, 1.82) is 0 Å². The molecule has 0 bridgehead atoms. The second-order valence-electron chi connectivity index (χ2n) is 13.4. The number of anilines is 1. The first-order chi connectivity index (χ1) is 24.8. The molecule has 0 spiro atoms. The molecule has 7 nitrogen and oxygen atoms in total. The smallest absolute Gasteiger partial charge is 0.416 e. The van der Waals surface area contributed by atoms with E-state index in [9.17, 15) is 18.0 Å². The molecule has 0 aliphatic heterocycles. The van der Waals surface area contributed by atoms with Crippen molar-refractivity contribution in [3.8, 4) is 22.6 Å². The van der Waals surface area contributed by atoms with Crippen LogP contribution in [0, 0.1) is 20.8 Å². The second kappa shape index (κ2) is 16.8. The van der Waals surface area contributed by atoms with E-state index in [1.165, 1.54) is 24.0 Å². The number of rotatable bonds is 15. The van der Waals surface area contributed by atoms with Gasteiger partial charge >= 0.3 is 12.1 Å². The van der Waals surface area contributed by atoms with E-state index in [-0.39, 0.29) is 26.1 Å². The van der Waals surface area contributed by atoms with E-state index >= 15 is 0 Å². The van der Waals surface area contributed by atoms with Gasteiger partial charge in [-0.05, 0) is 102 Å². The summed E-state index contributed by atoms with van der Waals surface area (Å²) in [5.41, 5.74) is 7.34. The van der Waals surface area contributed by atoms with Crippen molar-refractivity contribution >= 4 is 11.9 Å². The molecular weight excluding hydrogens is 667 g/mol. The van der Waals surface area contributed by atoms with Gasteiger partial charge in [0.25, 0.3) is 0 Å². The van der Waals surface area contributed by atoms with Crippen molar-refractivity contribution in [2.75, 3.05) is 11.5 Å². The van der Waals surface area contributed by atoms with E-state index in [0.29, 0.717) is 41.8 Å². The minimum atomic E-state index is -4.50. The summed E-state index contributed by atoms with van der Waals surface area (Å²) in [7, 11) is 0. The third kappa shape index (κ3) is 10.1. The molecular formula is C42H44F3N3O4. The van der Waals surface area contributed by atoms with Gasteiger partial charge in [-0.1, -0.05) is 74.0 Å². The van der Waals surface area contributed by atoms with Gasteiger partial charge in [0, 0.05) is 19.5 Å². The summed E-state index contributed by atoms with van der Waals surface area (Å²) < 4.78 is 53.7. The molecule has 272 valence electrons. The van der Waals surface area contributed by atoms with Crippen LogP contribution < -0.4 is 14.4 Å². The van der Waals surface area contributed by atoms with E-state index in [1.54, 1.807) is 13.0 Å². The van der Waals surface area contributed by atoms with Crippen molar-refractivity contribution in [3.63, 3.8) is 0 Å². The van der Waals surface area contributed by atoms with Crippen LogP contribution in [0.1, 0.15) is 77.1 Å². The molecule has 4 aromatic carbocycles. The highest BCUT2D eigenvalue weighted by atomic mass is 19.4. The number of hydrogen-bond donors (Lipinski definition) is 1. The summed E-state index contributed by atoms with van der Waals surface area (Å²) in [5.74, 6) is 0.779. The summed E-state index contributed by atoms with van der Waals surface area (Å²) in [6.07, 6.45) is -1.21. The fraction of sp³-hybridized carbons (Fsp3) is 0.310. The first-order valence-corrected chi connectivity index (χ1v) is 17.3. The molecule has 5 aromatic rings. The maximum Gasteiger partial charge on any atom is 0.416 e. The molecule has 0 radical (unpaired) electrons. The average molecular weight is 712 g/mol. The number of benzene rings is 4. The van der Waals surface area contributed by atoms with Gasteiger partial charge in [0.05, 0.1) is 24.6 Å². The molecule has 1 aromatic heterocycles. The average Bonchev–Trinajstić information content (AvgIpc) is 3.10. The first kappa shape index (κ1) is 37.9. The molecule has 10 heteroatoms. The zero-order chi connectivity index (χ0) is 37.4. The predicted octanol–water partition coefficient (Wildman–Crippen LogP) is 10.2. The first-order valence-electron chi connectivity index (χ1n) is 17.3. The van der Waals surface area contributed by atoms with Crippen molar-refractivity contribution < 1.29 is 32.5 Å². The normalized spacial score (nSPS) is 11.5. The van der Waals surface area contributed by atoms with Gasteiger partial charge in [-0.15, -0.1) is 0 Å². The summed E-state index contributed by atoms with van der Waals surface area (Å²) in [5, 5.41) is 8.93. The van der Waals surface area contributed by atoms with Gasteiger partial charge in [-0.25, -0.2) is 9.97 Å². The standard InChI is InChI=1S/C42H44F3N3O4/c1-27(2)33-14-13-29(4)37(20-33)38-21-39(52-26-31-10-7-6-8-11-31)30(5)18-34(38)25-48(24-32-16-28(3)17-35(19-32)42(43,44)45)41-46-22-36(23-47-41)51-15-9-12-40(49)50/h6-8,10-11,13-14,16-23,27H,9,12,15,24-26H2,1-5H3,(H,49,50). The number of halogens is 3. The number of nitrogens with zero attached hydrogens (tertiary/aromatic N) is 3. The van der Waals surface area contributed by atoms with E-state index in [2.05, 4.69) is 61.1 Å². The van der Waals surface area contributed by atoms with Gasteiger partial charge in [0.1, 0.15) is 12.4 Å². The van der Waals surface area contributed by atoms with Gasteiger partial charge in [0.15, 0.2) is 5.75 Å². The Morgan fingerprint density at radius 1 is 0.827 bits per heavy atom. The maximum atomic E-state index is 13.9. The Morgan fingerprint density at radius 2 is 1.56 bits per heavy atom. The van der Waals surface area contributed by atoms with E-state index < -0.39 is 17.7 Å². The fourth-order valence-electron chi connectivity index (χ4n) is 6.01. The third-order valence-electron chi connectivity index (χ3n) is 8.76. The molecule has 1 N–H and O–H groups in total. The Kier molecular flexibility index (Phi) is 12.2. The van der Waals surface area contributed by atoms with Crippen molar-refractivity contribution in [3.05, 3.63) is 136 Å². The molecule has 5 rings (SSSR count). The molecule has 0 saturated heterocycles. The van der Waals surface area contributed by atoms with Crippen LogP contribution in [0.2, 0.25) is 0 Å². The number of aliphatic carboxylic acids is 1. The number of carbonyl (C=O) groups is 1. The van der Waals surface area contributed by atoms with Crippen LogP contribution in [-0.2, 0) is 30.7 Å². The van der Waals surface area contributed by atoms with Gasteiger partial charge in [0.2, 0.25) is 5.95 Å². The maximum absolute atomic E-state index is 13.9. The predicted molar refractivity (Wildman–Crippen MR) is 197 cm³/mol. The Balaban J connectivity index is 1.57. The van der Waals surface area contributed by atoms with Crippen LogP contribution in [0.4, 0.5) is 19.1 Å². The Bertz CT molecular complexity index is 1980. The van der Waals surface area contributed by atoms with Crippen LogP contribution >= 0.6 is 0 Å². The Labute approximate surface area is 303 Å². The largest absolute Gasteiger partial charge is 0.490 e. The van der Waals surface area contributed by atoms with Crippen molar-refractivity contribution in [1.82, 2.24) is 9.97 Å². The van der Waals surface area contributed by atoms with E-state index in [0.717, 1.165) is 45.2 Å². The fourth-order valence-corrected chi connectivity index (χ4v) is 6.01. The number of alkyl halides is 3. The topological polar surface area (TPSA) is 84.8 Å². The van der Waals surface area contributed by atoms with Crippen LogP contribution in [0.25, 0.3) is 11.1 Å². The van der Waals surface area contributed by atoms with Gasteiger partial charge in [-0.3, -0.25) is 4.79 Å². The van der Waals surface area contributed by atoms with Gasteiger partial charge < -0.3 is 19.5 Å². The molecule has 0 unspecified atom stereocenters. The number of carboxylic acids is 1. The number of aryl methyl sites for hydroxylation is 3. The minimum absolute atomic E-state index is 0.0273. The van der Waals surface area contributed by atoms with E-state index in [1.807, 2.05) is 42.2 Å². The van der Waals surface area contributed by atoms with Crippen LogP contribution in [0.15, 0.2) is 91.3 Å². The van der Waals surface area contributed by atoms with Crippen molar-refractivity contribution in [2.45, 2.75) is 79.3 Å². The summed E-state index contributed by atoms with van der Waals surface area (Å²) in [6.45, 7) is 10.9. The number of hydrogen-bond acceptors (Lipinski definition) is 6. The molecule has 0 atom stereocenters. The number of ether oxygens (including phenoxy) is 2. The zero-order valence-electron chi connectivity index (χ0n) is 30.1. The highest BCUT2D eigenvalue weighted by molar-refractivity contribution is 5.74. The third-order valence-corrected chi connectivity index (χ3v) is 8.76. The molecule has 52 heavy (non-hydrogen) atoms. The highest BCUT2D eigenvalue weighted by Gasteiger charge is 2.31. The van der Waals surface area contributed by atoms with Crippen LogP contribution in [0.5, 0.6) is 11.5 Å². The lowest BCUT2D eigenvalue weighted by Gasteiger charge is -2.26. The van der Waals surface area contributed by atoms with Crippen LogP contribution in [-0.4, -0.2) is 27.7 Å². The molecule has 0 fully saturated rings. The van der Waals surface area contributed by atoms with Crippen LogP contribution in [0.3, 0.4) is 0 Å².